The van der Waals surface area contributed by atoms with Gasteiger partial charge in [-0.15, -0.1) is 0 Å². The number of fused-ring (bicyclic) bond motifs is 1. The Kier molecular flexibility index (Phi) is 5.36. The smallest absolute Gasteiger partial charge is 0.356 e. The Morgan fingerprint density at radius 3 is 2.72 bits per heavy atom. The van der Waals surface area contributed by atoms with E-state index in [1.807, 2.05) is 25.1 Å². The number of carbonyl (C=O) groups is 1. The highest BCUT2D eigenvalue weighted by atomic mass is 32.1. The first-order valence-corrected chi connectivity index (χ1v) is 11.1. The second-order valence-electron chi connectivity index (χ2n) is 7.72. The standard InChI is InChI=1S/C23H21FN4O3S/c1-14-9-19(22(29)30)26-28(14)13-17-10-16(15-3-2-4-18(24)11-15)12-20-21(17)25-23(32-20)27-5-7-31-8-6-27/h2-4,9-12H,5-8,13H2,1H3,(H,29,30). The number of aromatic nitrogens is 3. The molecule has 1 fully saturated rings. The maximum atomic E-state index is 13.9. The summed E-state index contributed by atoms with van der Waals surface area (Å²) in [6, 6.07) is 12.1. The monoisotopic (exact) mass is 452 g/mol. The number of nitrogens with zero attached hydrogens (tertiary/aromatic N) is 4. The Morgan fingerprint density at radius 1 is 1.19 bits per heavy atom. The van der Waals surface area contributed by atoms with E-state index in [-0.39, 0.29) is 11.5 Å². The number of carboxylic acids is 1. The van der Waals surface area contributed by atoms with E-state index in [0.29, 0.717) is 19.8 Å². The third kappa shape index (κ3) is 3.96. The van der Waals surface area contributed by atoms with Crippen molar-refractivity contribution in [2.24, 2.45) is 0 Å². The molecule has 7 nitrogen and oxygen atoms in total. The van der Waals surface area contributed by atoms with E-state index in [9.17, 15) is 14.3 Å². The number of aryl methyl sites for hydroxylation is 1. The number of halogens is 1. The van der Waals surface area contributed by atoms with Crippen LogP contribution in [0.15, 0.2) is 42.5 Å². The predicted molar refractivity (Wildman–Crippen MR) is 121 cm³/mol. The summed E-state index contributed by atoms with van der Waals surface area (Å²) in [5.74, 6) is -1.36. The second-order valence-corrected chi connectivity index (χ2v) is 8.73. The molecule has 0 bridgehead atoms. The van der Waals surface area contributed by atoms with Crippen LogP contribution in [0.2, 0.25) is 0 Å². The molecule has 0 amide bonds. The topological polar surface area (TPSA) is 80.5 Å². The van der Waals surface area contributed by atoms with Crippen molar-refractivity contribution in [2.75, 3.05) is 31.2 Å². The molecular formula is C23H21FN4O3S. The summed E-state index contributed by atoms with van der Waals surface area (Å²) in [5, 5.41) is 14.4. The summed E-state index contributed by atoms with van der Waals surface area (Å²) in [6.45, 7) is 5.10. The van der Waals surface area contributed by atoms with Crippen LogP contribution in [0.1, 0.15) is 21.7 Å². The quantitative estimate of drug-likeness (QED) is 0.489. The number of rotatable bonds is 5. The number of anilines is 1. The van der Waals surface area contributed by atoms with Crippen molar-refractivity contribution in [3.8, 4) is 11.1 Å². The van der Waals surface area contributed by atoms with Gasteiger partial charge in [0.05, 0.1) is 30.0 Å². The molecule has 9 heteroatoms. The molecule has 32 heavy (non-hydrogen) atoms. The van der Waals surface area contributed by atoms with Crippen molar-refractivity contribution in [2.45, 2.75) is 13.5 Å². The molecule has 4 aromatic rings. The summed E-state index contributed by atoms with van der Waals surface area (Å²) in [4.78, 5) is 18.5. The highest BCUT2D eigenvalue weighted by Gasteiger charge is 2.19. The average molecular weight is 453 g/mol. The van der Waals surface area contributed by atoms with Crippen molar-refractivity contribution >= 4 is 32.7 Å². The summed E-state index contributed by atoms with van der Waals surface area (Å²) >= 11 is 1.60. The minimum atomic E-state index is -1.06. The Bertz CT molecular complexity index is 1310. The molecule has 2 aromatic heterocycles. The number of carboxylic acid groups (broad SMARTS) is 1. The summed E-state index contributed by atoms with van der Waals surface area (Å²) in [6.07, 6.45) is 0. The molecule has 0 unspecified atom stereocenters. The normalized spacial score (nSPS) is 14.2. The SMILES string of the molecule is Cc1cc(C(=O)O)nn1Cc1cc(-c2cccc(F)c2)cc2sc(N3CCOCC3)nc12. The maximum Gasteiger partial charge on any atom is 0.356 e. The first-order chi connectivity index (χ1) is 15.5. The zero-order chi connectivity index (χ0) is 22.2. The van der Waals surface area contributed by atoms with E-state index in [1.165, 1.54) is 12.1 Å². The molecular weight excluding hydrogens is 431 g/mol. The van der Waals surface area contributed by atoms with Crippen LogP contribution < -0.4 is 4.90 Å². The van der Waals surface area contributed by atoms with Gasteiger partial charge in [-0.1, -0.05) is 23.5 Å². The van der Waals surface area contributed by atoms with Gasteiger partial charge in [0.2, 0.25) is 0 Å². The van der Waals surface area contributed by atoms with Crippen LogP contribution in [-0.2, 0) is 11.3 Å². The lowest BCUT2D eigenvalue weighted by Crippen LogP contribution is -2.36. The molecule has 164 valence electrons. The Hall–Kier alpha value is -3.30. The Labute approximate surface area is 187 Å². The summed E-state index contributed by atoms with van der Waals surface area (Å²) < 4.78 is 22.0. The van der Waals surface area contributed by atoms with E-state index < -0.39 is 5.97 Å². The lowest BCUT2D eigenvalue weighted by atomic mass is 10.0. The molecule has 0 saturated carbocycles. The minimum Gasteiger partial charge on any atom is -0.476 e. The molecule has 2 aromatic carbocycles. The maximum absolute atomic E-state index is 13.9. The van der Waals surface area contributed by atoms with Gasteiger partial charge in [0.25, 0.3) is 0 Å². The molecule has 1 saturated heterocycles. The highest BCUT2D eigenvalue weighted by molar-refractivity contribution is 7.22. The van der Waals surface area contributed by atoms with Gasteiger partial charge in [-0.3, -0.25) is 4.68 Å². The van der Waals surface area contributed by atoms with E-state index in [2.05, 4.69) is 10.00 Å². The first kappa shape index (κ1) is 20.6. The lowest BCUT2D eigenvalue weighted by molar-refractivity contribution is 0.0689. The third-order valence-electron chi connectivity index (χ3n) is 5.52. The zero-order valence-corrected chi connectivity index (χ0v) is 18.2. The largest absolute Gasteiger partial charge is 0.476 e. The molecule has 3 heterocycles. The van der Waals surface area contributed by atoms with Crippen LogP contribution in [-0.4, -0.2) is 52.1 Å². The molecule has 1 aliphatic rings. The van der Waals surface area contributed by atoms with Crippen molar-refractivity contribution in [3.05, 3.63) is 65.2 Å². The molecule has 0 aliphatic carbocycles. The number of ether oxygens (including phenoxy) is 1. The number of aromatic carboxylic acids is 1. The fourth-order valence-electron chi connectivity index (χ4n) is 3.87. The van der Waals surface area contributed by atoms with Crippen LogP contribution in [0.4, 0.5) is 9.52 Å². The second kappa shape index (κ2) is 8.33. The number of benzene rings is 2. The number of hydrogen-bond acceptors (Lipinski definition) is 6. The zero-order valence-electron chi connectivity index (χ0n) is 17.4. The number of morpholine rings is 1. The molecule has 0 spiro atoms. The van der Waals surface area contributed by atoms with E-state index in [4.69, 9.17) is 9.72 Å². The van der Waals surface area contributed by atoms with Crippen LogP contribution in [0.25, 0.3) is 21.3 Å². The van der Waals surface area contributed by atoms with Crippen molar-refractivity contribution < 1.29 is 19.0 Å². The molecule has 1 N–H and O–H groups in total. The van der Waals surface area contributed by atoms with Crippen LogP contribution in [0.5, 0.6) is 0 Å². The first-order valence-electron chi connectivity index (χ1n) is 10.3. The minimum absolute atomic E-state index is 0.00677. The van der Waals surface area contributed by atoms with E-state index in [1.54, 1.807) is 28.2 Å². The average Bonchev–Trinajstić information content (AvgIpc) is 3.38. The highest BCUT2D eigenvalue weighted by Crippen LogP contribution is 2.35. The van der Waals surface area contributed by atoms with E-state index >= 15 is 0 Å². The van der Waals surface area contributed by atoms with Crippen molar-refractivity contribution in [1.29, 1.82) is 0 Å². The van der Waals surface area contributed by atoms with Crippen LogP contribution in [0.3, 0.4) is 0 Å². The van der Waals surface area contributed by atoms with Gasteiger partial charge in [-0.05, 0) is 48.4 Å². The summed E-state index contributed by atoms with van der Waals surface area (Å²) in [7, 11) is 0. The van der Waals surface area contributed by atoms with Crippen LogP contribution in [0, 0.1) is 12.7 Å². The third-order valence-corrected chi connectivity index (χ3v) is 6.59. The molecule has 5 rings (SSSR count). The van der Waals surface area contributed by atoms with Gasteiger partial charge < -0.3 is 14.7 Å². The molecule has 1 aliphatic heterocycles. The van der Waals surface area contributed by atoms with Gasteiger partial charge in [-0.2, -0.15) is 5.10 Å². The van der Waals surface area contributed by atoms with Gasteiger partial charge in [-0.25, -0.2) is 14.2 Å². The van der Waals surface area contributed by atoms with Gasteiger partial charge in [0.1, 0.15) is 5.82 Å². The van der Waals surface area contributed by atoms with Gasteiger partial charge >= 0.3 is 5.97 Å². The Morgan fingerprint density at radius 2 is 2.00 bits per heavy atom. The van der Waals surface area contributed by atoms with Crippen molar-refractivity contribution in [3.63, 3.8) is 0 Å². The Balaban J connectivity index is 1.62. The number of thiazole rings is 1. The summed E-state index contributed by atoms with van der Waals surface area (Å²) in [5.41, 5.74) is 4.16. The van der Waals surface area contributed by atoms with Gasteiger partial charge in [0, 0.05) is 24.3 Å². The van der Waals surface area contributed by atoms with Crippen LogP contribution >= 0.6 is 11.3 Å². The predicted octanol–water partition coefficient (Wildman–Crippen LogP) is 4.19. The van der Waals surface area contributed by atoms with Gasteiger partial charge in [0.15, 0.2) is 10.8 Å². The molecule has 0 atom stereocenters. The number of hydrogen-bond donors (Lipinski definition) is 1. The van der Waals surface area contributed by atoms with Crippen molar-refractivity contribution in [1.82, 2.24) is 14.8 Å². The fraction of sp³-hybridized carbons (Fsp3) is 0.261. The van der Waals surface area contributed by atoms with E-state index in [0.717, 1.165) is 50.8 Å². The fourth-order valence-corrected chi connectivity index (χ4v) is 4.97. The lowest BCUT2D eigenvalue weighted by Gasteiger charge is -2.25. The molecule has 0 radical (unpaired) electrons.